The van der Waals surface area contributed by atoms with Crippen LogP contribution in [0.15, 0.2) is 12.1 Å². The average Bonchev–Trinajstić information content (AvgIpc) is 2.82. The molecule has 0 aromatic carbocycles. The predicted molar refractivity (Wildman–Crippen MR) is 82.6 cm³/mol. The van der Waals surface area contributed by atoms with Gasteiger partial charge in [-0.3, -0.25) is 0 Å². The summed E-state index contributed by atoms with van der Waals surface area (Å²) < 4.78 is 6.02. The molecule has 0 saturated heterocycles. The van der Waals surface area contributed by atoms with Crippen LogP contribution in [-0.2, 0) is 17.9 Å². The molecule has 2 rings (SSSR count). The smallest absolute Gasteiger partial charge is 0.0813 e. The van der Waals surface area contributed by atoms with Crippen molar-refractivity contribution in [2.45, 2.75) is 77.7 Å². The topological polar surface area (TPSA) is 21.3 Å². The quantitative estimate of drug-likeness (QED) is 0.859. The summed E-state index contributed by atoms with van der Waals surface area (Å²) in [5.41, 5.74) is 0.183. The maximum absolute atomic E-state index is 6.02. The minimum Gasteiger partial charge on any atom is -0.373 e. The van der Waals surface area contributed by atoms with E-state index in [1.807, 2.05) is 11.3 Å². The highest BCUT2D eigenvalue weighted by molar-refractivity contribution is 7.11. The van der Waals surface area contributed by atoms with Gasteiger partial charge in [-0.1, -0.05) is 19.3 Å². The summed E-state index contributed by atoms with van der Waals surface area (Å²) in [5, 5.41) is 3.53. The van der Waals surface area contributed by atoms with Crippen molar-refractivity contribution >= 4 is 11.3 Å². The first-order valence-electron chi connectivity index (χ1n) is 7.47. The highest BCUT2D eigenvalue weighted by Crippen LogP contribution is 2.23. The Morgan fingerprint density at radius 2 is 1.84 bits per heavy atom. The summed E-state index contributed by atoms with van der Waals surface area (Å²) in [6.45, 7) is 8.36. The largest absolute Gasteiger partial charge is 0.373 e. The number of hydrogen-bond acceptors (Lipinski definition) is 3. The Labute approximate surface area is 121 Å². The number of nitrogens with one attached hydrogen (secondary N) is 1. The van der Waals surface area contributed by atoms with Crippen LogP contribution >= 0.6 is 11.3 Å². The maximum Gasteiger partial charge on any atom is 0.0813 e. The van der Waals surface area contributed by atoms with Crippen molar-refractivity contribution in [2.75, 3.05) is 0 Å². The van der Waals surface area contributed by atoms with Gasteiger partial charge in [0.1, 0.15) is 0 Å². The van der Waals surface area contributed by atoms with E-state index >= 15 is 0 Å². The Hall–Kier alpha value is -0.380. The zero-order chi connectivity index (χ0) is 13.7. The van der Waals surface area contributed by atoms with Crippen LogP contribution < -0.4 is 5.32 Å². The van der Waals surface area contributed by atoms with Gasteiger partial charge < -0.3 is 10.1 Å². The van der Waals surface area contributed by atoms with Gasteiger partial charge in [-0.2, -0.15) is 0 Å². The summed E-state index contributed by atoms with van der Waals surface area (Å²) >= 11 is 1.87. The zero-order valence-corrected chi connectivity index (χ0v) is 13.3. The molecule has 1 aromatic rings. The maximum atomic E-state index is 6.02. The van der Waals surface area contributed by atoms with Crippen LogP contribution in [0, 0.1) is 0 Å². The zero-order valence-electron chi connectivity index (χ0n) is 12.5. The van der Waals surface area contributed by atoms with Gasteiger partial charge in [0.15, 0.2) is 0 Å². The van der Waals surface area contributed by atoms with E-state index in [-0.39, 0.29) is 5.54 Å². The van der Waals surface area contributed by atoms with Crippen molar-refractivity contribution in [1.29, 1.82) is 0 Å². The second kappa shape index (κ2) is 6.87. The Bertz CT molecular complexity index is 374. The van der Waals surface area contributed by atoms with Crippen LogP contribution in [0.1, 0.15) is 62.6 Å². The SMILES string of the molecule is CC(C)(C)NCc1ccc(COC2CCCCC2)s1. The first-order valence-corrected chi connectivity index (χ1v) is 8.29. The lowest BCUT2D eigenvalue weighted by Crippen LogP contribution is -2.34. The van der Waals surface area contributed by atoms with Gasteiger partial charge in [0.25, 0.3) is 0 Å². The third-order valence-electron chi connectivity index (χ3n) is 3.52. The molecule has 1 aliphatic carbocycles. The Morgan fingerprint density at radius 3 is 2.53 bits per heavy atom. The van der Waals surface area contributed by atoms with Crippen molar-refractivity contribution in [1.82, 2.24) is 5.32 Å². The molecule has 1 aromatic heterocycles. The molecule has 19 heavy (non-hydrogen) atoms. The highest BCUT2D eigenvalue weighted by Gasteiger charge is 2.14. The van der Waals surface area contributed by atoms with Crippen molar-refractivity contribution in [2.24, 2.45) is 0 Å². The summed E-state index contributed by atoms with van der Waals surface area (Å²) in [6, 6.07) is 4.44. The van der Waals surface area contributed by atoms with Gasteiger partial charge in [-0.05, 0) is 45.7 Å². The molecule has 1 aliphatic rings. The normalized spacial score (nSPS) is 17.8. The highest BCUT2D eigenvalue weighted by atomic mass is 32.1. The molecule has 0 unspecified atom stereocenters. The molecule has 2 nitrogen and oxygen atoms in total. The number of hydrogen-bond donors (Lipinski definition) is 1. The monoisotopic (exact) mass is 281 g/mol. The molecular formula is C16H27NOS. The van der Waals surface area contributed by atoms with E-state index in [9.17, 15) is 0 Å². The fraction of sp³-hybridized carbons (Fsp3) is 0.750. The van der Waals surface area contributed by atoms with Gasteiger partial charge in [0.05, 0.1) is 12.7 Å². The lowest BCUT2D eigenvalue weighted by molar-refractivity contribution is 0.0182. The van der Waals surface area contributed by atoms with E-state index in [1.165, 1.54) is 41.9 Å². The molecule has 1 saturated carbocycles. The number of thiophene rings is 1. The van der Waals surface area contributed by atoms with Crippen molar-refractivity contribution in [3.05, 3.63) is 21.9 Å². The minimum atomic E-state index is 0.183. The van der Waals surface area contributed by atoms with Crippen molar-refractivity contribution in [3.8, 4) is 0 Å². The van der Waals surface area contributed by atoms with Crippen LogP contribution in [0.4, 0.5) is 0 Å². The molecule has 1 heterocycles. The Balaban J connectivity index is 1.74. The minimum absolute atomic E-state index is 0.183. The van der Waals surface area contributed by atoms with E-state index < -0.39 is 0 Å². The molecular weight excluding hydrogens is 254 g/mol. The molecule has 1 fully saturated rings. The molecule has 0 aliphatic heterocycles. The first kappa shape index (κ1) is 15.0. The first-order chi connectivity index (χ1) is 9.03. The van der Waals surface area contributed by atoms with Crippen molar-refractivity contribution < 1.29 is 4.74 Å². The van der Waals surface area contributed by atoms with Crippen LogP contribution in [0.5, 0.6) is 0 Å². The number of ether oxygens (including phenoxy) is 1. The van der Waals surface area contributed by atoms with E-state index in [0.29, 0.717) is 6.10 Å². The van der Waals surface area contributed by atoms with Crippen LogP contribution in [0.3, 0.4) is 0 Å². The van der Waals surface area contributed by atoms with Gasteiger partial charge in [0.2, 0.25) is 0 Å². The third kappa shape index (κ3) is 5.64. The van der Waals surface area contributed by atoms with E-state index in [0.717, 1.165) is 13.2 Å². The van der Waals surface area contributed by atoms with Crippen LogP contribution in [-0.4, -0.2) is 11.6 Å². The van der Waals surface area contributed by atoms with E-state index in [1.54, 1.807) is 0 Å². The Kier molecular flexibility index (Phi) is 5.43. The third-order valence-corrected chi connectivity index (χ3v) is 4.58. The fourth-order valence-electron chi connectivity index (χ4n) is 2.38. The second-order valence-corrected chi connectivity index (χ2v) is 7.80. The summed E-state index contributed by atoms with van der Waals surface area (Å²) in [7, 11) is 0. The van der Waals surface area contributed by atoms with E-state index in [4.69, 9.17) is 4.74 Å². The molecule has 0 spiro atoms. The van der Waals surface area contributed by atoms with Gasteiger partial charge >= 0.3 is 0 Å². The van der Waals surface area contributed by atoms with E-state index in [2.05, 4.69) is 38.2 Å². The molecule has 0 amide bonds. The molecule has 0 atom stereocenters. The number of rotatable bonds is 5. The summed E-state index contributed by atoms with van der Waals surface area (Å²) in [5.74, 6) is 0. The van der Waals surface area contributed by atoms with Crippen LogP contribution in [0.2, 0.25) is 0 Å². The average molecular weight is 281 g/mol. The van der Waals surface area contributed by atoms with Gasteiger partial charge in [-0.15, -0.1) is 11.3 Å². The molecule has 0 radical (unpaired) electrons. The van der Waals surface area contributed by atoms with Gasteiger partial charge in [-0.25, -0.2) is 0 Å². The predicted octanol–water partition coefficient (Wildman–Crippen LogP) is 4.49. The second-order valence-electron chi connectivity index (χ2n) is 6.54. The Morgan fingerprint density at radius 1 is 1.16 bits per heavy atom. The van der Waals surface area contributed by atoms with Crippen LogP contribution in [0.25, 0.3) is 0 Å². The summed E-state index contributed by atoms with van der Waals surface area (Å²) in [4.78, 5) is 2.76. The molecule has 0 bridgehead atoms. The standard InChI is InChI=1S/C16H27NOS/c1-16(2,3)17-11-14-9-10-15(19-14)12-18-13-7-5-4-6-8-13/h9-10,13,17H,4-8,11-12H2,1-3H3. The van der Waals surface area contributed by atoms with Gasteiger partial charge in [0, 0.05) is 21.8 Å². The lowest BCUT2D eigenvalue weighted by Gasteiger charge is -2.21. The lowest BCUT2D eigenvalue weighted by atomic mass is 9.98. The summed E-state index contributed by atoms with van der Waals surface area (Å²) in [6.07, 6.45) is 7.09. The molecule has 3 heteroatoms. The molecule has 108 valence electrons. The van der Waals surface area contributed by atoms with Crippen molar-refractivity contribution in [3.63, 3.8) is 0 Å². The molecule has 1 N–H and O–H groups in total. The fourth-order valence-corrected chi connectivity index (χ4v) is 3.26.